The molecule has 1 atom stereocenters. The van der Waals surface area contributed by atoms with Crippen molar-refractivity contribution in [2.24, 2.45) is 5.73 Å². The van der Waals surface area contributed by atoms with Gasteiger partial charge in [0.1, 0.15) is 18.2 Å². The summed E-state index contributed by atoms with van der Waals surface area (Å²) in [5.74, 6) is 0.237. The SMILES string of the molecule is CC(C)OC(=O)OCOP(=O)(CO[C@H](C)Cn1cnc2c(N)ncnc21)OCOC(=O)OC(C)C.NC(=O)O. The van der Waals surface area contributed by atoms with Gasteiger partial charge >= 0.3 is 26.0 Å². The number of aromatic nitrogens is 4. The van der Waals surface area contributed by atoms with Gasteiger partial charge in [0.2, 0.25) is 13.6 Å². The molecule has 39 heavy (non-hydrogen) atoms. The zero-order valence-electron chi connectivity index (χ0n) is 22.0. The summed E-state index contributed by atoms with van der Waals surface area (Å²) in [5.41, 5.74) is 10.8. The molecule has 220 valence electrons. The van der Waals surface area contributed by atoms with Crippen molar-refractivity contribution < 1.29 is 56.8 Å². The first-order chi connectivity index (χ1) is 18.2. The Morgan fingerprint density at radius 1 is 0.974 bits per heavy atom. The Morgan fingerprint density at radius 3 is 1.97 bits per heavy atom. The van der Waals surface area contributed by atoms with Crippen LogP contribution in [0, 0.1) is 0 Å². The van der Waals surface area contributed by atoms with Crippen molar-refractivity contribution in [1.82, 2.24) is 19.5 Å². The van der Waals surface area contributed by atoms with E-state index in [-0.39, 0.29) is 12.4 Å². The second-order valence-corrected chi connectivity index (χ2v) is 10.00. The van der Waals surface area contributed by atoms with E-state index in [0.29, 0.717) is 11.2 Å². The lowest BCUT2D eigenvalue weighted by molar-refractivity contribution is -0.0369. The summed E-state index contributed by atoms with van der Waals surface area (Å²) in [6.45, 7) is 6.98. The number of carbonyl (C=O) groups excluding carboxylic acids is 2. The fraction of sp³-hybridized carbons (Fsp3) is 0.600. The molecule has 19 heteroatoms. The van der Waals surface area contributed by atoms with Gasteiger partial charge < -0.3 is 44.8 Å². The third-order valence-electron chi connectivity index (χ3n) is 3.92. The fourth-order valence-corrected chi connectivity index (χ4v) is 3.54. The highest BCUT2D eigenvalue weighted by Crippen LogP contribution is 2.48. The van der Waals surface area contributed by atoms with E-state index in [1.54, 1.807) is 39.2 Å². The van der Waals surface area contributed by atoms with Gasteiger partial charge in [0.15, 0.2) is 11.5 Å². The van der Waals surface area contributed by atoms with Crippen LogP contribution < -0.4 is 11.5 Å². The molecule has 5 N–H and O–H groups in total. The summed E-state index contributed by atoms with van der Waals surface area (Å²) in [5, 5.41) is 7.19. The van der Waals surface area contributed by atoms with Gasteiger partial charge in [0.05, 0.1) is 31.2 Å². The van der Waals surface area contributed by atoms with Gasteiger partial charge in [-0.1, -0.05) is 0 Å². The Hall–Kier alpha value is -3.73. The van der Waals surface area contributed by atoms with E-state index < -0.39 is 64.2 Å². The molecule has 0 aromatic carbocycles. The van der Waals surface area contributed by atoms with E-state index in [0.717, 1.165) is 0 Å². The van der Waals surface area contributed by atoms with E-state index in [4.69, 9.17) is 48.4 Å². The van der Waals surface area contributed by atoms with Gasteiger partial charge in [-0.05, 0) is 34.6 Å². The summed E-state index contributed by atoms with van der Waals surface area (Å²) < 4.78 is 49.7. The lowest BCUT2D eigenvalue weighted by Crippen LogP contribution is -2.20. The molecule has 0 spiro atoms. The average Bonchev–Trinajstić information content (AvgIpc) is 3.20. The average molecular weight is 580 g/mol. The highest BCUT2D eigenvalue weighted by Gasteiger charge is 2.29. The van der Waals surface area contributed by atoms with Crippen LogP contribution in [-0.4, -0.2) is 81.3 Å². The second-order valence-electron chi connectivity index (χ2n) is 8.00. The Bertz CT molecular complexity index is 1090. The predicted molar refractivity (Wildman–Crippen MR) is 132 cm³/mol. The number of nitrogen functional groups attached to an aromatic ring is 1. The van der Waals surface area contributed by atoms with Crippen LogP contribution in [0.4, 0.5) is 20.2 Å². The van der Waals surface area contributed by atoms with Crippen LogP contribution in [0.5, 0.6) is 0 Å². The summed E-state index contributed by atoms with van der Waals surface area (Å²) in [6, 6.07) is 0. The first-order valence-corrected chi connectivity index (χ1v) is 13.0. The number of rotatable bonds is 13. The standard InChI is InChI=1S/C19H30N5O10P.CH3NO2/c1-12(2)33-18(25)28-9-31-35(27,32-10-29-19(26)34-13(3)4)11-30-14(5)6-24-8-23-15-16(20)21-7-22-17(15)24;2-1(3)4/h7-8,12-14H,6,9-11H2,1-5H3,(H2,20,21,22);2H2,(H,3,4)/t14-;/m1./s1. The zero-order chi connectivity index (χ0) is 29.6. The third kappa shape index (κ3) is 13.6. The number of ether oxygens (including phenoxy) is 5. The van der Waals surface area contributed by atoms with Crippen molar-refractivity contribution >= 4 is 43.0 Å². The fourth-order valence-electron chi connectivity index (χ4n) is 2.45. The van der Waals surface area contributed by atoms with Gasteiger partial charge in [0, 0.05) is 0 Å². The molecule has 2 aromatic heterocycles. The van der Waals surface area contributed by atoms with Gasteiger partial charge in [-0.2, -0.15) is 0 Å². The molecular formula is C20H33N6O12P. The van der Waals surface area contributed by atoms with Gasteiger partial charge in [-0.25, -0.2) is 29.3 Å². The van der Waals surface area contributed by atoms with E-state index in [1.165, 1.54) is 12.7 Å². The van der Waals surface area contributed by atoms with Crippen molar-refractivity contribution in [1.29, 1.82) is 0 Å². The molecule has 0 radical (unpaired) electrons. The topological polar surface area (TPSA) is 249 Å². The van der Waals surface area contributed by atoms with Crippen LogP contribution in [-0.2, 0) is 43.8 Å². The van der Waals surface area contributed by atoms with Crippen molar-refractivity contribution in [2.45, 2.75) is 59.5 Å². The molecule has 0 bridgehead atoms. The van der Waals surface area contributed by atoms with Crippen molar-refractivity contribution in [2.75, 3.05) is 25.7 Å². The molecule has 2 aromatic rings. The summed E-state index contributed by atoms with van der Waals surface area (Å²) in [6.07, 6.45) is -2.47. The normalized spacial score (nSPS) is 12.0. The number of carbonyl (C=O) groups is 3. The quantitative estimate of drug-likeness (QED) is 0.175. The van der Waals surface area contributed by atoms with Crippen LogP contribution >= 0.6 is 7.60 Å². The minimum atomic E-state index is -4.06. The summed E-state index contributed by atoms with van der Waals surface area (Å²) in [7, 11) is -4.06. The second kappa shape index (κ2) is 16.3. The number of carboxylic acid groups (broad SMARTS) is 1. The van der Waals surface area contributed by atoms with E-state index in [9.17, 15) is 14.2 Å². The molecule has 2 heterocycles. The highest BCUT2D eigenvalue weighted by atomic mass is 31.2. The zero-order valence-corrected chi connectivity index (χ0v) is 22.9. The number of nitrogens with zero attached hydrogens (tertiary/aromatic N) is 4. The maximum absolute atomic E-state index is 13.1. The maximum Gasteiger partial charge on any atom is 0.510 e. The summed E-state index contributed by atoms with van der Waals surface area (Å²) >= 11 is 0. The number of hydrogen-bond acceptors (Lipinski definition) is 15. The van der Waals surface area contributed by atoms with Crippen molar-refractivity contribution in [3.8, 4) is 0 Å². The lowest BCUT2D eigenvalue weighted by atomic mass is 10.4. The Balaban J connectivity index is 0.00000177. The summed E-state index contributed by atoms with van der Waals surface area (Å²) in [4.78, 5) is 44.0. The van der Waals surface area contributed by atoms with E-state index in [1.807, 2.05) is 0 Å². The van der Waals surface area contributed by atoms with Crippen molar-refractivity contribution in [3.63, 3.8) is 0 Å². The minimum Gasteiger partial charge on any atom is -0.465 e. The Kier molecular flexibility index (Phi) is 13.9. The lowest BCUT2D eigenvalue weighted by Gasteiger charge is -2.21. The number of hydrogen-bond donors (Lipinski definition) is 3. The van der Waals surface area contributed by atoms with Crippen LogP contribution in [0.25, 0.3) is 11.2 Å². The molecule has 0 aliphatic heterocycles. The van der Waals surface area contributed by atoms with Gasteiger partial charge in [-0.3, -0.25) is 13.6 Å². The molecule has 0 saturated carbocycles. The molecule has 18 nitrogen and oxygen atoms in total. The van der Waals surface area contributed by atoms with Crippen LogP contribution in [0.3, 0.4) is 0 Å². The first kappa shape index (κ1) is 33.3. The maximum atomic E-state index is 13.1. The first-order valence-electron chi connectivity index (χ1n) is 11.3. The molecule has 0 unspecified atom stereocenters. The monoisotopic (exact) mass is 580 g/mol. The molecule has 2 rings (SSSR count). The van der Waals surface area contributed by atoms with E-state index in [2.05, 4.69) is 20.7 Å². The smallest absolute Gasteiger partial charge is 0.465 e. The number of nitrogens with two attached hydrogens (primary N) is 2. The largest absolute Gasteiger partial charge is 0.510 e. The van der Waals surface area contributed by atoms with Gasteiger partial charge in [-0.15, -0.1) is 0 Å². The molecule has 0 fully saturated rings. The third-order valence-corrected chi connectivity index (χ3v) is 5.38. The molecule has 0 aliphatic carbocycles. The van der Waals surface area contributed by atoms with Crippen LogP contribution in [0.1, 0.15) is 34.6 Å². The highest BCUT2D eigenvalue weighted by molar-refractivity contribution is 7.53. The molecule has 0 aliphatic rings. The Labute approximate surface area is 223 Å². The number of anilines is 1. The van der Waals surface area contributed by atoms with Crippen molar-refractivity contribution in [3.05, 3.63) is 12.7 Å². The van der Waals surface area contributed by atoms with Crippen LogP contribution in [0.2, 0.25) is 0 Å². The number of amides is 1. The van der Waals surface area contributed by atoms with Gasteiger partial charge in [0.25, 0.3) is 0 Å². The number of imidazole rings is 1. The van der Waals surface area contributed by atoms with Crippen LogP contribution in [0.15, 0.2) is 12.7 Å². The molecular weight excluding hydrogens is 547 g/mol. The predicted octanol–water partition coefficient (Wildman–Crippen LogP) is 2.66. The molecule has 0 saturated heterocycles. The van der Waals surface area contributed by atoms with E-state index >= 15 is 0 Å². The molecule has 1 amide bonds. The number of primary amides is 1. The minimum absolute atomic E-state index is 0.237. The number of fused-ring (bicyclic) bond motifs is 1. The Morgan fingerprint density at radius 2 is 1.49 bits per heavy atom.